The predicted octanol–water partition coefficient (Wildman–Crippen LogP) is 5.36. The lowest BCUT2D eigenvalue weighted by atomic mass is 9.94. The molecule has 0 saturated carbocycles. The molecule has 0 bridgehead atoms. The number of rotatable bonds is 8. The molecule has 0 N–H and O–H groups in total. The number of hydrogen-bond donors (Lipinski definition) is 0. The normalized spacial score (nSPS) is 17.2. The maximum absolute atomic E-state index is 13.2. The highest BCUT2D eigenvalue weighted by atomic mass is 16.1. The Hall–Kier alpha value is -2.85. The Labute approximate surface area is 193 Å². The van der Waals surface area contributed by atoms with Crippen LogP contribution in [0, 0.1) is 0 Å². The van der Waals surface area contributed by atoms with Crippen LogP contribution < -0.4 is 9.80 Å². The van der Waals surface area contributed by atoms with Gasteiger partial charge in [0.1, 0.15) is 0 Å². The van der Waals surface area contributed by atoms with E-state index in [-0.39, 0.29) is 5.78 Å². The summed E-state index contributed by atoms with van der Waals surface area (Å²) < 4.78 is 0. The van der Waals surface area contributed by atoms with E-state index in [1.807, 2.05) is 12.2 Å². The number of ketones is 1. The summed E-state index contributed by atoms with van der Waals surface area (Å²) in [5, 5.41) is 0. The Morgan fingerprint density at radius 3 is 1.34 bits per heavy atom. The van der Waals surface area contributed by atoms with E-state index < -0.39 is 0 Å². The molecule has 170 valence electrons. The molecule has 0 radical (unpaired) electrons. The number of benzene rings is 2. The molecule has 1 heterocycles. The molecular weight excluding hydrogens is 394 g/mol. The fourth-order valence-corrected chi connectivity index (χ4v) is 4.35. The molecule has 0 aromatic heterocycles. The van der Waals surface area contributed by atoms with Crippen LogP contribution >= 0.6 is 0 Å². The molecule has 3 rings (SSSR count). The van der Waals surface area contributed by atoms with Crippen molar-refractivity contribution in [3.05, 3.63) is 70.8 Å². The Morgan fingerprint density at radius 2 is 1.03 bits per heavy atom. The molecule has 0 unspecified atom stereocenters. The minimum absolute atomic E-state index is 0.156. The number of nitrogens with zero attached hydrogens (tertiary/aromatic N) is 3. The molecule has 2 aromatic rings. The highest BCUT2D eigenvalue weighted by molar-refractivity contribution is 6.14. The Morgan fingerprint density at radius 1 is 0.688 bits per heavy atom. The molecule has 2 aromatic carbocycles. The molecular formula is C28H37N3O. The van der Waals surface area contributed by atoms with Crippen LogP contribution in [0.1, 0.15) is 38.8 Å². The predicted molar refractivity (Wildman–Crippen MR) is 138 cm³/mol. The van der Waals surface area contributed by atoms with Gasteiger partial charge in [0.05, 0.1) is 0 Å². The molecule has 0 spiro atoms. The molecule has 4 nitrogen and oxygen atoms in total. The number of Topliss-reactive ketones (excluding diaryl/α,β-unsaturated/α-hetero) is 1. The largest absolute Gasteiger partial charge is 0.372 e. The monoisotopic (exact) mass is 431 g/mol. The summed E-state index contributed by atoms with van der Waals surface area (Å²) in [6.45, 7) is 14.0. The van der Waals surface area contributed by atoms with Gasteiger partial charge in [-0.3, -0.25) is 9.69 Å². The van der Waals surface area contributed by atoms with E-state index in [2.05, 4.69) is 98.0 Å². The molecule has 32 heavy (non-hydrogen) atoms. The van der Waals surface area contributed by atoms with Gasteiger partial charge in [0.25, 0.3) is 0 Å². The van der Waals surface area contributed by atoms with Crippen LogP contribution in [0.2, 0.25) is 0 Å². The number of likely N-dealkylation sites (N-methyl/N-ethyl adjacent to an activating group) is 1. The third kappa shape index (κ3) is 5.68. The molecule has 0 amide bonds. The first kappa shape index (κ1) is 23.8. The first-order chi connectivity index (χ1) is 15.5. The van der Waals surface area contributed by atoms with Gasteiger partial charge in [-0.1, -0.05) is 24.3 Å². The number of carbonyl (C=O) groups is 1. The lowest BCUT2D eigenvalue weighted by molar-refractivity contribution is -0.113. The van der Waals surface area contributed by atoms with Crippen molar-refractivity contribution in [2.75, 3.05) is 56.1 Å². The Bertz CT molecular complexity index is 872. The molecule has 0 atom stereocenters. The van der Waals surface area contributed by atoms with Gasteiger partial charge in [0.2, 0.25) is 0 Å². The number of hydrogen-bond acceptors (Lipinski definition) is 4. The van der Waals surface area contributed by atoms with Crippen LogP contribution in [0.15, 0.2) is 59.7 Å². The maximum Gasteiger partial charge on any atom is 0.187 e. The standard InChI is InChI=1S/C28H37N3O/c1-6-30(7-2)26-14-10-22(11-15-26)18-24-20-29(5)21-25(28(24)32)19-23-12-16-27(17-13-23)31(8-3)9-4/h10-19H,6-9,20-21H2,1-5H3. The summed E-state index contributed by atoms with van der Waals surface area (Å²) in [6, 6.07) is 17.0. The van der Waals surface area contributed by atoms with E-state index in [0.29, 0.717) is 13.1 Å². The van der Waals surface area contributed by atoms with Gasteiger partial charge in [0, 0.05) is 61.8 Å². The zero-order valence-electron chi connectivity index (χ0n) is 20.3. The lowest BCUT2D eigenvalue weighted by Gasteiger charge is -2.26. The van der Waals surface area contributed by atoms with Gasteiger partial charge in [-0.2, -0.15) is 0 Å². The molecule has 1 fully saturated rings. The van der Waals surface area contributed by atoms with E-state index in [9.17, 15) is 4.79 Å². The summed E-state index contributed by atoms with van der Waals surface area (Å²) in [7, 11) is 2.07. The van der Waals surface area contributed by atoms with Crippen LogP contribution in [0.25, 0.3) is 12.2 Å². The fourth-order valence-electron chi connectivity index (χ4n) is 4.35. The molecule has 4 heteroatoms. The zero-order chi connectivity index (χ0) is 23.1. The van der Waals surface area contributed by atoms with Crippen LogP contribution in [-0.4, -0.2) is 57.0 Å². The average molecular weight is 432 g/mol. The van der Waals surface area contributed by atoms with Crippen LogP contribution in [0.5, 0.6) is 0 Å². The first-order valence-electron chi connectivity index (χ1n) is 11.8. The summed E-state index contributed by atoms with van der Waals surface area (Å²) in [5.41, 5.74) is 6.28. The average Bonchev–Trinajstić information content (AvgIpc) is 2.80. The topological polar surface area (TPSA) is 26.8 Å². The van der Waals surface area contributed by atoms with Crippen molar-refractivity contribution in [1.29, 1.82) is 0 Å². The zero-order valence-corrected chi connectivity index (χ0v) is 20.3. The second kappa shape index (κ2) is 11.1. The van der Waals surface area contributed by atoms with Crippen LogP contribution in [0.3, 0.4) is 0 Å². The highest BCUT2D eigenvalue weighted by Crippen LogP contribution is 2.23. The number of likely N-dealkylation sites (tertiary alicyclic amines) is 1. The van der Waals surface area contributed by atoms with Crippen molar-refractivity contribution in [1.82, 2.24) is 4.90 Å². The number of anilines is 2. The smallest absolute Gasteiger partial charge is 0.187 e. The second-order valence-corrected chi connectivity index (χ2v) is 8.37. The van der Waals surface area contributed by atoms with Crippen molar-refractivity contribution in [3.8, 4) is 0 Å². The Kier molecular flexibility index (Phi) is 8.29. The van der Waals surface area contributed by atoms with Gasteiger partial charge >= 0.3 is 0 Å². The third-order valence-corrected chi connectivity index (χ3v) is 6.19. The van der Waals surface area contributed by atoms with Crippen molar-refractivity contribution in [3.63, 3.8) is 0 Å². The van der Waals surface area contributed by atoms with Gasteiger partial charge in [-0.05, 0) is 82.3 Å². The van der Waals surface area contributed by atoms with E-state index in [4.69, 9.17) is 0 Å². The third-order valence-electron chi connectivity index (χ3n) is 6.19. The van der Waals surface area contributed by atoms with Crippen molar-refractivity contribution >= 4 is 29.3 Å². The van der Waals surface area contributed by atoms with Gasteiger partial charge in [0.15, 0.2) is 5.78 Å². The minimum atomic E-state index is 0.156. The van der Waals surface area contributed by atoms with Gasteiger partial charge in [-0.25, -0.2) is 0 Å². The summed E-state index contributed by atoms with van der Waals surface area (Å²) >= 11 is 0. The van der Waals surface area contributed by atoms with Crippen molar-refractivity contribution < 1.29 is 4.79 Å². The minimum Gasteiger partial charge on any atom is -0.372 e. The van der Waals surface area contributed by atoms with E-state index >= 15 is 0 Å². The van der Waals surface area contributed by atoms with Crippen molar-refractivity contribution in [2.24, 2.45) is 0 Å². The van der Waals surface area contributed by atoms with Crippen LogP contribution in [0.4, 0.5) is 11.4 Å². The van der Waals surface area contributed by atoms with E-state index in [1.165, 1.54) is 11.4 Å². The summed E-state index contributed by atoms with van der Waals surface area (Å²) in [6.07, 6.45) is 4.09. The fraction of sp³-hybridized carbons (Fsp3) is 0.393. The molecule has 1 saturated heterocycles. The van der Waals surface area contributed by atoms with Gasteiger partial charge < -0.3 is 9.80 Å². The maximum atomic E-state index is 13.2. The van der Waals surface area contributed by atoms with E-state index in [1.54, 1.807) is 0 Å². The number of carbonyl (C=O) groups excluding carboxylic acids is 1. The highest BCUT2D eigenvalue weighted by Gasteiger charge is 2.24. The lowest BCUT2D eigenvalue weighted by Crippen LogP contribution is -2.34. The molecule has 1 aliphatic heterocycles. The SMILES string of the molecule is CCN(CC)c1ccc(C=C2CN(C)CC(=Cc3ccc(N(CC)CC)cc3)C2=O)cc1. The van der Waals surface area contributed by atoms with E-state index in [0.717, 1.165) is 48.5 Å². The quantitative estimate of drug-likeness (QED) is 0.526. The van der Waals surface area contributed by atoms with Crippen LogP contribution in [-0.2, 0) is 4.79 Å². The first-order valence-corrected chi connectivity index (χ1v) is 11.8. The van der Waals surface area contributed by atoms with Gasteiger partial charge in [-0.15, -0.1) is 0 Å². The summed E-state index contributed by atoms with van der Waals surface area (Å²) in [4.78, 5) is 20.1. The molecule has 0 aliphatic carbocycles. The Balaban J connectivity index is 1.81. The second-order valence-electron chi connectivity index (χ2n) is 8.37. The van der Waals surface area contributed by atoms with Crippen molar-refractivity contribution in [2.45, 2.75) is 27.7 Å². The number of piperidine rings is 1. The summed E-state index contributed by atoms with van der Waals surface area (Å²) in [5.74, 6) is 0.156. The molecule has 1 aliphatic rings.